The maximum atomic E-state index is 11.9. The Morgan fingerprint density at radius 1 is 1.43 bits per heavy atom. The van der Waals surface area contributed by atoms with Crippen LogP contribution in [0.3, 0.4) is 0 Å². The van der Waals surface area contributed by atoms with E-state index in [1.165, 1.54) is 0 Å². The minimum absolute atomic E-state index is 0.101. The number of hydrogen-bond donors (Lipinski definition) is 2. The van der Waals surface area contributed by atoms with Gasteiger partial charge in [-0.15, -0.1) is 0 Å². The highest BCUT2D eigenvalue weighted by Crippen LogP contribution is 2.21. The van der Waals surface area contributed by atoms with E-state index in [4.69, 9.17) is 23.2 Å². The molecule has 0 aromatic heterocycles. The minimum atomic E-state index is -0.391. The smallest absolute Gasteiger partial charge is 0.317 e. The van der Waals surface area contributed by atoms with Crippen molar-refractivity contribution in [1.82, 2.24) is 10.2 Å². The van der Waals surface area contributed by atoms with Crippen LogP contribution >= 0.6 is 23.2 Å². The van der Waals surface area contributed by atoms with Crippen LogP contribution in [0, 0.1) is 0 Å². The van der Waals surface area contributed by atoms with Gasteiger partial charge >= 0.3 is 6.03 Å². The van der Waals surface area contributed by atoms with Crippen LogP contribution in [0.25, 0.3) is 0 Å². The molecule has 0 saturated carbocycles. The van der Waals surface area contributed by atoms with Gasteiger partial charge in [0.25, 0.3) is 0 Å². The zero-order valence-corrected chi connectivity index (χ0v) is 13.3. The zero-order valence-electron chi connectivity index (χ0n) is 11.8. The van der Waals surface area contributed by atoms with Crippen LogP contribution in [-0.4, -0.2) is 41.8 Å². The second-order valence-corrected chi connectivity index (χ2v) is 6.16. The maximum Gasteiger partial charge on any atom is 0.317 e. The Kier molecular flexibility index (Phi) is 6.15. The summed E-state index contributed by atoms with van der Waals surface area (Å²) in [4.78, 5) is 13.6. The molecule has 6 heteroatoms. The molecule has 0 bridgehead atoms. The molecule has 116 valence electrons. The number of β-amino-alcohol motifs (C(OH)–C–C–N with tert-alkyl or cyclic N) is 1. The molecule has 21 heavy (non-hydrogen) atoms. The van der Waals surface area contributed by atoms with E-state index >= 15 is 0 Å². The molecule has 1 fully saturated rings. The van der Waals surface area contributed by atoms with Crippen molar-refractivity contribution in [2.24, 2.45) is 0 Å². The highest BCUT2D eigenvalue weighted by molar-refractivity contribution is 6.35. The van der Waals surface area contributed by atoms with Gasteiger partial charge in [0.2, 0.25) is 0 Å². The number of carbonyl (C=O) groups is 1. The maximum absolute atomic E-state index is 11.9. The first kappa shape index (κ1) is 16.4. The molecule has 2 rings (SSSR count). The predicted octanol–water partition coefficient (Wildman–Crippen LogP) is 3.09. The average Bonchev–Trinajstić information content (AvgIpc) is 2.45. The SMILES string of the molecule is O=C(NCCCc1ccc(Cl)cc1Cl)N1CCCC(O)C1. The van der Waals surface area contributed by atoms with Gasteiger partial charge in [-0.05, 0) is 43.4 Å². The summed E-state index contributed by atoms with van der Waals surface area (Å²) in [6, 6.07) is 5.35. The number of aliphatic hydroxyl groups is 1. The van der Waals surface area contributed by atoms with Crippen LogP contribution in [0.4, 0.5) is 4.79 Å². The van der Waals surface area contributed by atoms with Crippen molar-refractivity contribution < 1.29 is 9.90 Å². The van der Waals surface area contributed by atoms with Crippen molar-refractivity contribution in [1.29, 1.82) is 0 Å². The summed E-state index contributed by atoms with van der Waals surface area (Å²) in [6.07, 6.45) is 2.84. The molecule has 1 saturated heterocycles. The van der Waals surface area contributed by atoms with Crippen molar-refractivity contribution >= 4 is 29.2 Å². The number of aryl methyl sites for hydroxylation is 1. The van der Waals surface area contributed by atoms with Gasteiger partial charge in [-0.2, -0.15) is 0 Å². The second kappa shape index (κ2) is 7.87. The Morgan fingerprint density at radius 2 is 2.24 bits per heavy atom. The molecule has 1 heterocycles. The lowest BCUT2D eigenvalue weighted by molar-refractivity contribution is 0.0843. The summed E-state index contributed by atoms with van der Waals surface area (Å²) in [6.45, 7) is 1.73. The molecule has 1 atom stereocenters. The van der Waals surface area contributed by atoms with Crippen molar-refractivity contribution in [3.05, 3.63) is 33.8 Å². The number of rotatable bonds is 4. The number of aliphatic hydroxyl groups excluding tert-OH is 1. The van der Waals surface area contributed by atoms with E-state index in [1.54, 1.807) is 11.0 Å². The van der Waals surface area contributed by atoms with Gasteiger partial charge in [0.15, 0.2) is 0 Å². The number of carbonyl (C=O) groups excluding carboxylic acids is 1. The summed E-state index contributed by atoms with van der Waals surface area (Å²) < 4.78 is 0. The number of nitrogens with zero attached hydrogens (tertiary/aromatic N) is 1. The van der Waals surface area contributed by atoms with Gasteiger partial charge in [-0.25, -0.2) is 4.79 Å². The number of urea groups is 1. The highest BCUT2D eigenvalue weighted by atomic mass is 35.5. The quantitative estimate of drug-likeness (QED) is 0.833. The number of benzene rings is 1. The Bertz CT molecular complexity index is 497. The van der Waals surface area contributed by atoms with Crippen LogP contribution in [-0.2, 0) is 6.42 Å². The topological polar surface area (TPSA) is 52.6 Å². The summed E-state index contributed by atoms with van der Waals surface area (Å²) in [5.41, 5.74) is 1.03. The number of nitrogens with one attached hydrogen (secondary N) is 1. The molecule has 2 amide bonds. The van der Waals surface area contributed by atoms with Crippen molar-refractivity contribution in [2.75, 3.05) is 19.6 Å². The number of likely N-dealkylation sites (tertiary alicyclic amines) is 1. The monoisotopic (exact) mass is 330 g/mol. The van der Waals surface area contributed by atoms with E-state index in [1.807, 2.05) is 12.1 Å². The molecule has 1 aliphatic heterocycles. The fourth-order valence-corrected chi connectivity index (χ4v) is 2.95. The lowest BCUT2D eigenvalue weighted by Crippen LogP contribution is -2.47. The molecule has 0 radical (unpaired) electrons. The molecule has 2 N–H and O–H groups in total. The summed E-state index contributed by atoms with van der Waals surface area (Å²) >= 11 is 12.0. The lowest BCUT2D eigenvalue weighted by Gasteiger charge is -2.30. The number of halogens is 2. The Balaban J connectivity index is 1.70. The summed E-state index contributed by atoms with van der Waals surface area (Å²) in [5, 5.41) is 13.7. The molecule has 1 unspecified atom stereocenters. The van der Waals surface area contributed by atoms with Crippen LogP contribution in [0.5, 0.6) is 0 Å². The zero-order chi connectivity index (χ0) is 15.2. The van der Waals surface area contributed by atoms with E-state index in [0.717, 1.165) is 31.2 Å². The predicted molar refractivity (Wildman–Crippen MR) is 85.0 cm³/mol. The van der Waals surface area contributed by atoms with Crippen LogP contribution in [0.2, 0.25) is 10.0 Å². The largest absolute Gasteiger partial charge is 0.391 e. The second-order valence-electron chi connectivity index (χ2n) is 5.31. The van der Waals surface area contributed by atoms with Gasteiger partial charge < -0.3 is 15.3 Å². The third-order valence-corrected chi connectivity index (χ3v) is 4.18. The first-order valence-electron chi connectivity index (χ1n) is 7.21. The van der Waals surface area contributed by atoms with E-state index in [0.29, 0.717) is 29.7 Å². The lowest BCUT2D eigenvalue weighted by atomic mass is 10.1. The normalized spacial score (nSPS) is 18.6. The van der Waals surface area contributed by atoms with Crippen LogP contribution < -0.4 is 5.32 Å². The van der Waals surface area contributed by atoms with E-state index in [9.17, 15) is 9.90 Å². The standard InChI is InChI=1S/C15H20Cl2N2O2/c16-12-6-5-11(14(17)9-12)3-1-7-18-15(21)19-8-2-4-13(20)10-19/h5-6,9,13,20H,1-4,7-8,10H2,(H,18,21). The van der Waals surface area contributed by atoms with Gasteiger partial charge in [-0.1, -0.05) is 29.3 Å². The number of hydrogen-bond acceptors (Lipinski definition) is 2. The van der Waals surface area contributed by atoms with Gasteiger partial charge in [0.1, 0.15) is 0 Å². The van der Waals surface area contributed by atoms with Gasteiger partial charge in [0, 0.05) is 29.7 Å². The van der Waals surface area contributed by atoms with Gasteiger partial charge in [0.05, 0.1) is 6.10 Å². The van der Waals surface area contributed by atoms with E-state index in [-0.39, 0.29) is 6.03 Å². The minimum Gasteiger partial charge on any atom is -0.391 e. The summed E-state index contributed by atoms with van der Waals surface area (Å²) in [5.74, 6) is 0. The molecule has 1 aromatic rings. The van der Waals surface area contributed by atoms with Crippen molar-refractivity contribution in [2.45, 2.75) is 31.8 Å². The number of piperidine rings is 1. The first-order valence-corrected chi connectivity index (χ1v) is 7.96. The molecular weight excluding hydrogens is 311 g/mol. The summed E-state index contributed by atoms with van der Waals surface area (Å²) in [7, 11) is 0. The Hall–Kier alpha value is -0.970. The van der Waals surface area contributed by atoms with Gasteiger partial charge in [-0.3, -0.25) is 0 Å². The van der Waals surface area contributed by atoms with Crippen molar-refractivity contribution in [3.63, 3.8) is 0 Å². The molecule has 0 aliphatic carbocycles. The Labute approximate surface area is 135 Å². The fraction of sp³-hybridized carbons (Fsp3) is 0.533. The average molecular weight is 331 g/mol. The highest BCUT2D eigenvalue weighted by Gasteiger charge is 2.21. The van der Waals surface area contributed by atoms with Crippen molar-refractivity contribution in [3.8, 4) is 0 Å². The van der Waals surface area contributed by atoms with Crippen LogP contribution in [0.1, 0.15) is 24.8 Å². The fourth-order valence-electron chi connectivity index (χ4n) is 2.45. The first-order chi connectivity index (χ1) is 10.1. The third kappa shape index (κ3) is 5.06. The molecular formula is C15H20Cl2N2O2. The molecule has 4 nitrogen and oxygen atoms in total. The van der Waals surface area contributed by atoms with E-state index in [2.05, 4.69) is 5.32 Å². The molecule has 0 spiro atoms. The molecule has 1 aromatic carbocycles. The van der Waals surface area contributed by atoms with E-state index < -0.39 is 6.10 Å². The Morgan fingerprint density at radius 3 is 2.95 bits per heavy atom. The third-order valence-electron chi connectivity index (χ3n) is 3.60. The van der Waals surface area contributed by atoms with Crippen LogP contribution in [0.15, 0.2) is 18.2 Å². The number of amides is 2. The molecule has 1 aliphatic rings.